The van der Waals surface area contributed by atoms with Gasteiger partial charge in [0.15, 0.2) is 5.82 Å². The summed E-state index contributed by atoms with van der Waals surface area (Å²) in [6, 6.07) is 17.4. The Morgan fingerprint density at radius 1 is 1.11 bits per heavy atom. The van der Waals surface area contributed by atoms with Crippen LogP contribution in [0.4, 0.5) is 0 Å². The summed E-state index contributed by atoms with van der Waals surface area (Å²) in [6.45, 7) is 0. The number of ether oxygens (including phenoxy) is 1. The Hall–Kier alpha value is -2.77. The number of pyridine rings is 1. The van der Waals surface area contributed by atoms with Crippen LogP contribution >= 0.6 is 23.4 Å². The highest BCUT2D eigenvalue weighted by Gasteiger charge is 2.14. The van der Waals surface area contributed by atoms with Crippen molar-refractivity contribution in [2.24, 2.45) is 0 Å². The van der Waals surface area contributed by atoms with Gasteiger partial charge in [0.25, 0.3) is 0 Å². The molecule has 2 N–H and O–H groups in total. The molecule has 0 fully saturated rings. The quantitative estimate of drug-likeness (QED) is 0.309. The lowest BCUT2D eigenvalue weighted by Crippen LogP contribution is -2.11. The minimum atomic E-state index is 0.486. The summed E-state index contributed by atoms with van der Waals surface area (Å²) >= 11 is 7.79. The predicted octanol–water partition coefficient (Wildman–Crippen LogP) is 4.16. The molecule has 0 amide bonds. The van der Waals surface area contributed by atoms with Gasteiger partial charge in [-0.2, -0.15) is 0 Å². The van der Waals surface area contributed by atoms with Gasteiger partial charge in [-0.3, -0.25) is 0 Å². The van der Waals surface area contributed by atoms with Crippen LogP contribution in [-0.4, -0.2) is 27.0 Å². The Kier molecular flexibility index (Phi) is 4.87. The third-order valence-corrected chi connectivity index (χ3v) is 5.44. The Balaban J connectivity index is 1.55. The highest BCUT2D eigenvalue weighted by molar-refractivity contribution is 7.98. The van der Waals surface area contributed by atoms with Crippen molar-refractivity contribution < 1.29 is 4.74 Å². The molecule has 2 heterocycles. The standard InChI is InChI=1S/C19H16ClN5OS/c1-26-15-8-6-12(7-9-15)18-23-24-19(25(18)21)27-11-14-10-13-4-2-3-5-16(13)22-17(14)20/h2-10H,11,21H2,1H3. The number of rotatable bonds is 5. The molecule has 0 saturated carbocycles. The molecule has 0 aliphatic rings. The van der Waals surface area contributed by atoms with Crippen molar-refractivity contribution in [2.75, 3.05) is 13.0 Å². The highest BCUT2D eigenvalue weighted by Crippen LogP contribution is 2.29. The number of nitrogens with two attached hydrogens (primary N) is 1. The number of nitrogen functional groups attached to an aromatic ring is 1. The molecule has 0 saturated heterocycles. The summed E-state index contributed by atoms with van der Waals surface area (Å²) in [6.07, 6.45) is 0. The first-order valence-electron chi connectivity index (χ1n) is 8.17. The largest absolute Gasteiger partial charge is 0.497 e. The Bertz CT molecular complexity index is 1100. The zero-order valence-electron chi connectivity index (χ0n) is 14.5. The second-order valence-corrected chi connectivity index (χ2v) is 7.12. The number of methoxy groups -OCH3 is 1. The Labute approximate surface area is 165 Å². The van der Waals surface area contributed by atoms with Crippen molar-refractivity contribution >= 4 is 34.3 Å². The number of benzene rings is 2. The molecular weight excluding hydrogens is 382 g/mol. The summed E-state index contributed by atoms with van der Waals surface area (Å²) in [4.78, 5) is 4.45. The molecule has 27 heavy (non-hydrogen) atoms. The number of nitrogens with zero attached hydrogens (tertiary/aromatic N) is 4. The van der Waals surface area contributed by atoms with Crippen LogP contribution in [0.3, 0.4) is 0 Å². The Morgan fingerprint density at radius 3 is 2.67 bits per heavy atom. The lowest BCUT2D eigenvalue weighted by molar-refractivity contribution is 0.415. The molecule has 0 unspecified atom stereocenters. The van der Waals surface area contributed by atoms with Gasteiger partial charge in [0.2, 0.25) is 5.16 Å². The van der Waals surface area contributed by atoms with E-state index in [9.17, 15) is 0 Å². The fraction of sp³-hybridized carbons (Fsp3) is 0.105. The second kappa shape index (κ2) is 7.46. The van der Waals surface area contributed by atoms with Gasteiger partial charge in [-0.15, -0.1) is 10.2 Å². The molecule has 4 rings (SSSR count). The molecule has 0 spiro atoms. The minimum absolute atomic E-state index is 0.486. The summed E-state index contributed by atoms with van der Waals surface area (Å²) in [7, 11) is 1.63. The molecule has 0 aliphatic heterocycles. The average molecular weight is 398 g/mol. The fourth-order valence-corrected chi connectivity index (χ4v) is 3.81. The van der Waals surface area contributed by atoms with E-state index in [-0.39, 0.29) is 0 Å². The van der Waals surface area contributed by atoms with E-state index in [0.29, 0.717) is 21.9 Å². The third kappa shape index (κ3) is 3.56. The normalized spacial score (nSPS) is 11.0. The zero-order chi connectivity index (χ0) is 18.8. The molecule has 0 aliphatic carbocycles. The van der Waals surface area contributed by atoms with Gasteiger partial charge in [-0.25, -0.2) is 9.66 Å². The second-order valence-electron chi connectivity index (χ2n) is 5.82. The van der Waals surface area contributed by atoms with E-state index in [1.807, 2.05) is 54.6 Å². The van der Waals surface area contributed by atoms with E-state index in [1.54, 1.807) is 7.11 Å². The van der Waals surface area contributed by atoms with Crippen molar-refractivity contribution in [3.05, 3.63) is 65.3 Å². The first kappa shape index (κ1) is 17.6. The van der Waals surface area contributed by atoms with E-state index < -0.39 is 0 Å². The summed E-state index contributed by atoms with van der Waals surface area (Å²) in [5.74, 6) is 8.14. The van der Waals surface area contributed by atoms with Crippen LogP contribution in [0.25, 0.3) is 22.3 Å². The number of hydrogen-bond acceptors (Lipinski definition) is 6. The van der Waals surface area contributed by atoms with Crippen LogP contribution in [0, 0.1) is 0 Å². The van der Waals surface area contributed by atoms with Crippen molar-refractivity contribution in [1.82, 2.24) is 19.9 Å². The lowest BCUT2D eigenvalue weighted by Gasteiger charge is -2.07. The number of fused-ring (bicyclic) bond motifs is 1. The number of para-hydroxylation sites is 1. The number of aromatic nitrogens is 4. The predicted molar refractivity (Wildman–Crippen MR) is 108 cm³/mol. The molecular formula is C19H16ClN5OS. The Morgan fingerprint density at radius 2 is 1.89 bits per heavy atom. The molecule has 0 radical (unpaired) electrons. The fourth-order valence-electron chi connectivity index (χ4n) is 2.69. The third-order valence-electron chi connectivity index (χ3n) is 4.12. The molecule has 6 nitrogen and oxygen atoms in total. The molecule has 136 valence electrons. The van der Waals surface area contributed by atoms with Crippen LogP contribution in [0.5, 0.6) is 5.75 Å². The van der Waals surface area contributed by atoms with Crippen molar-refractivity contribution in [2.45, 2.75) is 10.9 Å². The van der Waals surface area contributed by atoms with Gasteiger partial charge in [0.05, 0.1) is 12.6 Å². The number of thioether (sulfide) groups is 1. The average Bonchev–Trinajstić information content (AvgIpc) is 3.07. The lowest BCUT2D eigenvalue weighted by atomic mass is 10.2. The van der Waals surface area contributed by atoms with E-state index >= 15 is 0 Å². The van der Waals surface area contributed by atoms with Gasteiger partial charge in [-0.05, 0) is 36.4 Å². The first-order valence-corrected chi connectivity index (χ1v) is 9.54. The van der Waals surface area contributed by atoms with Gasteiger partial charge in [0, 0.05) is 22.3 Å². The van der Waals surface area contributed by atoms with Gasteiger partial charge >= 0.3 is 0 Å². The van der Waals surface area contributed by atoms with Gasteiger partial charge in [-0.1, -0.05) is 41.6 Å². The van der Waals surface area contributed by atoms with E-state index in [2.05, 4.69) is 15.2 Å². The highest BCUT2D eigenvalue weighted by atomic mass is 35.5. The van der Waals surface area contributed by atoms with Crippen LogP contribution < -0.4 is 10.6 Å². The zero-order valence-corrected chi connectivity index (χ0v) is 16.0. The molecule has 0 atom stereocenters. The van der Waals surface area contributed by atoms with E-state index in [4.69, 9.17) is 22.2 Å². The van der Waals surface area contributed by atoms with Crippen LogP contribution in [0.2, 0.25) is 5.15 Å². The van der Waals surface area contributed by atoms with Crippen molar-refractivity contribution in [3.63, 3.8) is 0 Å². The minimum Gasteiger partial charge on any atom is -0.497 e. The molecule has 2 aromatic heterocycles. The molecule has 2 aromatic carbocycles. The van der Waals surface area contributed by atoms with Crippen molar-refractivity contribution in [3.8, 4) is 17.1 Å². The summed E-state index contributed by atoms with van der Waals surface area (Å²) < 4.78 is 6.65. The van der Waals surface area contributed by atoms with Crippen LogP contribution in [0.1, 0.15) is 5.56 Å². The maximum atomic E-state index is 6.33. The summed E-state index contributed by atoms with van der Waals surface area (Å²) in [5, 5.41) is 10.5. The molecule has 4 aromatic rings. The molecule has 8 heteroatoms. The van der Waals surface area contributed by atoms with Crippen LogP contribution in [-0.2, 0) is 5.75 Å². The number of hydrogen-bond donors (Lipinski definition) is 1. The number of halogens is 1. The smallest absolute Gasteiger partial charge is 0.210 e. The monoisotopic (exact) mass is 397 g/mol. The maximum Gasteiger partial charge on any atom is 0.210 e. The van der Waals surface area contributed by atoms with Crippen molar-refractivity contribution in [1.29, 1.82) is 0 Å². The van der Waals surface area contributed by atoms with Crippen LogP contribution in [0.15, 0.2) is 59.8 Å². The van der Waals surface area contributed by atoms with Gasteiger partial charge < -0.3 is 10.6 Å². The van der Waals surface area contributed by atoms with Gasteiger partial charge in [0.1, 0.15) is 10.9 Å². The topological polar surface area (TPSA) is 78.9 Å². The van der Waals surface area contributed by atoms with E-state index in [1.165, 1.54) is 16.4 Å². The maximum absolute atomic E-state index is 6.33. The SMILES string of the molecule is COc1ccc(-c2nnc(SCc3cc4ccccc4nc3Cl)n2N)cc1. The molecule has 0 bridgehead atoms. The summed E-state index contributed by atoms with van der Waals surface area (Å²) in [5.41, 5.74) is 2.66. The van der Waals surface area contributed by atoms with E-state index in [0.717, 1.165) is 27.8 Å². The first-order chi connectivity index (χ1) is 13.2.